The predicted molar refractivity (Wildman–Crippen MR) is 76.7 cm³/mol. The van der Waals surface area contributed by atoms with Crippen LogP contribution in [0.5, 0.6) is 0 Å². The van der Waals surface area contributed by atoms with Crippen LogP contribution in [0.15, 0.2) is 24.3 Å². The van der Waals surface area contributed by atoms with Gasteiger partial charge < -0.3 is 10.4 Å². The zero-order valence-electron chi connectivity index (χ0n) is 11.9. The summed E-state index contributed by atoms with van der Waals surface area (Å²) < 4.78 is 13.1. The smallest absolute Gasteiger partial charge is 0.321 e. The highest BCUT2D eigenvalue weighted by Crippen LogP contribution is 2.43. The van der Waals surface area contributed by atoms with Crippen LogP contribution in [-0.4, -0.2) is 30.7 Å². The van der Waals surface area contributed by atoms with Crippen molar-refractivity contribution >= 4 is 17.7 Å². The number of halogens is 1. The van der Waals surface area contributed by atoms with Gasteiger partial charge >= 0.3 is 12.0 Å². The highest BCUT2D eigenvalue weighted by atomic mass is 19.1. The third kappa shape index (κ3) is 3.71. The molecule has 0 heterocycles. The van der Waals surface area contributed by atoms with E-state index in [1.54, 1.807) is 13.1 Å². The van der Waals surface area contributed by atoms with Crippen LogP contribution in [0.2, 0.25) is 0 Å². The molecule has 0 radical (unpaired) electrons. The SMILES string of the molecule is CN(C(=O)NCC1(CC(=O)O)CCC1)c1cccc(F)c1. The summed E-state index contributed by atoms with van der Waals surface area (Å²) in [5.41, 5.74) is 0.123. The van der Waals surface area contributed by atoms with Crippen molar-refractivity contribution in [3.05, 3.63) is 30.1 Å². The fourth-order valence-electron chi connectivity index (χ4n) is 2.60. The molecule has 5 nitrogen and oxygen atoms in total. The second kappa shape index (κ2) is 6.11. The number of nitrogens with one attached hydrogen (secondary N) is 1. The summed E-state index contributed by atoms with van der Waals surface area (Å²) in [5, 5.41) is 11.7. The van der Waals surface area contributed by atoms with E-state index >= 15 is 0 Å². The third-order valence-corrected chi connectivity index (χ3v) is 4.06. The Kier molecular flexibility index (Phi) is 4.45. The van der Waals surface area contributed by atoms with E-state index in [0.717, 1.165) is 19.3 Å². The molecule has 1 aromatic rings. The molecule has 2 N–H and O–H groups in total. The van der Waals surface area contributed by atoms with Gasteiger partial charge in [-0.3, -0.25) is 9.69 Å². The second-order valence-corrected chi connectivity index (χ2v) is 5.62. The minimum Gasteiger partial charge on any atom is -0.481 e. The molecule has 0 aromatic heterocycles. The third-order valence-electron chi connectivity index (χ3n) is 4.06. The molecule has 0 saturated heterocycles. The molecule has 21 heavy (non-hydrogen) atoms. The minimum atomic E-state index is -0.845. The van der Waals surface area contributed by atoms with Crippen LogP contribution < -0.4 is 10.2 Å². The lowest BCUT2D eigenvalue weighted by Crippen LogP contribution is -2.47. The topological polar surface area (TPSA) is 69.6 Å². The summed E-state index contributed by atoms with van der Waals surface area (Å²) >= 11 is 0. The molecule has 1 saturated carbocycles. The van der Waals surface area contributed by atoms with Crippen LogP contribution in [0.1, 0.15) is 25.7 Å². The van der Waals surface area contributed by atoms with E-state index in [1.807, 2.05) is 0 Å². The summed E-state index contributed by atoms with van der Waals surface area (Å²) in [5.74, 6) is -1.25. The lowest BCUT2D eigenvalue weighted by molar-refractivity contribution is -0.141. The number of nitrogens with zero attached hydrogens (tertiary/aromatic N) is 1. The maximum absolute atomic E-state index is 13.1. The first-order valence-electron chi connectivity index (χ1n) is 6.91. The number of rotatable bonds is 5. The molecule has 1 fully saturated rings. The van der Waals surface area contributed by atoms with Gasteiger partial charge in [0, 0.05) is 19.3 Å². The number of hydrogen-bond donors (Lipinski definition) is 2. The standard InChI is InChI=1S/C15H19FN2O3/c1-18(12-5-2-4-11(16)8-12)14(21)17-10-15(6-3-7-15)9-13(19)20/h2,4-5,8H,3,6-7,9-10H2,1H3,(H,17,21)(H,19,20). The van der Waals surface area contributed by atoms with Gasteiger partial charge in [-0.1, -0.05) is 12.5 Å². The van der Waals surface area contributed by atoms with Crippen molar-refractivity contribution in [1.82, 2.24) is 5.32 Å². The van der Waals surface area contributed by atoms with E-state index < -0.39 is 11.8 Å². The van der Waals surface area contributed by atoms with E-state index in [9.17, 15) is 14.0 Å². The molecular weight excluding hydrogens is 275 g/mol. The maximum Gasteiger partial charge on any atom is 0.321 e. The number of amides is 2. The van der Waals surface area contributed by atoms with Gasteiger partial charge in [0.25, 0.3) is 0 Å². The molecule has 2 amide bonds. The van der Waals surface area contributed by atoms with E-state index in [-0.39, 0.29) is 17.9 Å². The van der Waals surface area contributed by atoms with Crippen molar-refractivity contribution in [2.75, 3.05) is 18.5 Å². The predicted octanol–water partition coefficient (Wildman–Crippen LogP) is 2.62. The Balaban J connectivity index is 1.93. The Morgan fingerprint density at radius 2 is 2.14 bits per heavy atom. The average Bonchev–Trinajstić information content (AvgIpc) is 2.40. The van der Waals surface area contributed by atoms with Gasteiger partial charge in [-0.2, -0.15) is 0 Å². The Labute approximate surface area is 122 Å². The fraction of sp³-hybridized carbons (Fsp3) is 0.467. The van der Waals surface area contributed by atoms with Gasteiger partial charge in [0.1, 0.15) is 5.82 Å². The molecule has 1 aromatic carbocycles. The minimum absolute atomic E-state index is 0.0664. The molecule has 0 spiro atoms. The normalized spacial score (nSPS) is 15.9. The summed E-state index contributed by atoms with van der Waals surface area (Å²) in [4.78, 5) is 24.3. The molecule has 0 bridgehead atoms. The second-order valence-electron chi connectivity index (χ2n) is 5.62. The van der Waals surface area contributed by atoms with Crippen molar-refractivity contribution in [3.63, 3.8) is 0 Å². The molecule has 6 heteroatoms. The largest absolute Gasteiger partial charge is 0.481 e. The van der Waals surface area contributed by atoms with E-state index in [4.69, 9.17) is 5.11 Å². The molecule has 0 unspecified atom stereocenters. The quantitative estimate of drug-likeness (QED) is 0.877. The Hall–Kier alpha value is -2.11. The van der Waals surface area contributed by atoms with Gasteiger partial charge in [0.15, 0.2) is 0 Å². The van der Waals surface area contributed by atoms with Crippen LogP contribution in [0, 0.1) is 11.2 Å². The number of urea groups is 1. The first-order chi connectivity index (χ1) is 9.92. The van der Waals surface area contributed by atoms with E-state index in [2.05, 4.69) is 5.32 Å². The van der Waals surface area contributed by atoms with Crippen molar-refractivity contribution in [2.24, 2.45) is 5.41 Å². The Bertz CT molecular complexity index is 543. The number of aliphatic carboxylic acids is 1. The van der Waals surface area contributed by atoms with E-state index in [0.29, 0.717) is 12.2 Å². The molecule has 0 atom stereocenters. The zero-order valence-corrected chi connectivity index (χ0v) is 11.9. The Morgan fingerprint density at radius 3 is 2.67 bits per heavy atom. The highest BCUT2D eigenvalue weighted by Gasteiger charge is 2.39. The molecule has 1 aliphatic carbocycles. The molecule has 2 rings (SSSR count). The first kappa shape index (κ1) is 15.3. The van der Waals surface area contributed by atoms with Crippen molar-refractivity contribution < 1.29 is 19.1 Å². The molecule has 0 aliphatic heterocycles. The summed E-state index contributed by atoms with van der Waals surface area (Å²) in [7, 11) is 1.55. The maximum atomic E-state index is 13.1. The van der Waals surface area contributed by atoms with Gasteiger partial charge in [0.05, 0.1) is 6.42 Å². The lowest BCUT2D eigenvalue weighted by Gasteiger charge is -2.41. The number of carboxylic acid groups (broad SMARTS) is 1. The summed E-state index contributed by atoms with van der Waals surface area (Å²) in [6, 6.07) is 5.39. The Morgan fingerprint density at radius 1 is 1.43 bits per heavy atom. The van der Waals surface area contributed by atoms with Crippen molar-refractivity contribution in [1.29, 1.82) is 0 Å². The van der Waals surface area contributed by atoms with Crippen LogP contribution in [0.4, 0.5) is 14.9 Å². The average molecular weight is 294 g/mol. The van der Waals surface area contributed by atoms with Crippen molar-refractivity contribution in [3.8, 4) is 0 Å². The number of anilines is 1. The number of carbonyl (C=O) groups excluding carboxylic acids is 1. The highest BCUT2D eigenvalue weighted by molar-refractivity contribution is 5.91. The first-order valence-corrected chi connectivity index (χ1v) is 6.91. The van der Waals surface area contributed by atoms with Crippen LogP contribution in [0.3, 0.4) is 0 Å². The molecular formula is C15H19FN2O3. The summed E-state index contributed by atoms with van der Waals surface area (Å²) in [6.07, 6.45) is 2.67. The van der Waals surface area contributed by atoms with E-state index in [1.165, 1.54) is 23.1 Å². The number of hydrogen-bond acceptors (Lipinski definition) is 2. The zero-order chi connectivity index (χ0) is 15.5. The lowest BCUT2D eigenvalue weighted by atomic mass is 9.66. The summed E-state index contributed by atoms with van der Waals surface area (Å²) in [6.45, 7) is 0.331. The number of carbonyl (C=O) groups is 2. The number of benzene rings is 1. The van der Waals surface area contributed by atoms with Gasteiger partial charge in [-0.05, 0) is 36.5 Å². The van der Waals surface area contributed by atoms with Gasteiger partial charge in [-0.25, -0.2) is 9.18 Å². The monoisotopic (exact) mass is 294 g/mol. The molecule has 1 aliphatic rings. The number of carboxylic acids is 1. The van der Waals surface area contributed by atoms with Gasteiger partial charge in [-0.15, -0.1) is 0 Å². The molecule has 114 valence electrons. The fourth-order valence-corrected chi connectivity index (χ4v) is 2.60. The van der Waals surface area contributed by atoms with Crippen LogP contribution >= 0.6 is 0 Å². The van der Waals surface area contributed by atoms with Crippen LogP contribution in [0.25, 0.3) is 0 Å². The van der Waals surface area contributed by atoms with Crippen LogP contribution in [-0.2, 0) is 4.79 Å². The van der Waals surface area contributed by atoms with Crippen molar-refractivity contribution in [2.45, 2.75) is 25.7 Å². The van der Waals surface area contributed by atoms with Gasteiger partial charge in [0.2, 0.25) is 0 Å².